The summed E-state index contributed by atoms with van der Waals surface area (Å²) < 4.78 is 11.0. The van der Waals surface area contributed by atoms with Crippen LogP contribution in [0.4, 0.5) is 5.69 Å². The molecule has 2 N–H and O–H groups in total. The molecule has 0 atom stereocenters. The van der Waals surface area contributed by atoms with Crippen molar-refractivity contribution in [2.24, 2.45) is 5.10 Å². The maximum absolute atomic E-state index is 12.7. The Bertz CT molecular complexity index is 1460. The molecule has 0 aliphatic rings. The van der Waals surface area contributed by atoms with Crippen LogP contribution in [0.25, 0.3) is 10.8 Å². The Kier molecular flexibility index (Phi) is 7.90. The van der Waals surface area contributed by atoms with Crippen molar-refractivity contribution in [3.63, 3.8) is 0 Å². The number of amides is 2. The van der Waals surface area contributed by atoms with Gasteiger partial charge in [0.15, 0.2) is 0 Å². The summed E-state index contributed by atoms with van der Waals surface area (Å²) in [5.41, 5.74) is 4.56. The van der Waals surface area contributed by atoms with Gasteiger partial charge >= 0.3 is 17.8 Å². The molecule has 0 aliphatic carbocycles. The lowest BCUT2D eigenvalue weighted by molar-refractivity contribution is -0.136. The number of benzene rings is 4. The van der Waals surface area contributed by atoms with E-state index in [9.17, 15) is 14.4 Å². The third-order valence-electron chi connectivity index (χ3n) is 5.41. The van der Waals surface area contributed by atoms with E-state index in [4.69, 9.17) is 9.47 Å². The maximum Gasteiger partial charge on any atom is 0.343 e. The van der Waals surface area contributed by atoms with Crippen LogP contribution in [0, 0.1) is 6.92 Å². The molecule has 186 valence electrons. The molecule has 0 heterocycles. The molecule has 0 aromatic heterocycles. The van der Waals surface area contributed by atoms with Crippen LogP contribution in [0.5, 0.6) is 11.5 Å². The van der Waals surface area contributed by atoms with Gasteiger partial charge in [0.05, 0.1) is 18.4 Å². The van der Waals surface area contributed by atoms with E-state index < -0.39 is 17.8 Å². The summed E-state index contributed by atoms with van der Waals surface area (Å²) in [6, 6.07) is 24.6. The Hall–Kier alpha value is -4.98. The van der Waals surface area contributed by atoms with Crippen molar-refractivity contribution in [3.05, 3.63) is 102 Å². The van der Waals surface area contributed by atoms with Gasteiger partial charge in [0.1, 0.15) is 11.5 Å². The SMILES string of the molecule is CCOc1ccc(NC(=O)C(=O)N/N=C\c2c(OC(=O)c3ccc(C)cc3)ccc3ccccc23)cc1. The average Bonchev–Trinajstić information content (AvgIpc) is 2.91. The minimum absolute atomic E-state index is 0.265. The Morgan fingerprint density at radius 2 is 1.59 bits per heavy atom. The van der Waals surface area contributed by atoms with E-state index in [1.165, 1.54) is 6.21 Å². The zero-order chi connectivity index (χ0) is 26.2. The fourth-order valence-corrected chi connectivity index (χ4v) is 3.54. The van der Waals surface area contributed by atoms with Crippen LogP contribution in [-0.2, 0) is 9.59 Å². The molecule has 4 rings (SSSR count). The van der Waals surface area contributed by atoms with E-state index in [2.05, 4.69) is 15.8 Å². The molecule has 0 saturated carbocycles. The van der Waals surface area contributed by atoms with Crippen molar-refractivity contribution in [3.8, 4) is 11.5 Å². The van der Waals surface area contributed by atoms with Crippen LogP contribution in [-0.4, -0.2) is 30.6 Å². The fourth-order valence-electron chi connectivity index (χ4n) is 3.54. The molecule has 0 unspecified atom stereocenters. The van der Waals surface area contributed by atoms with Crippen molar-refractivity contribution >= 4 is 40.5 Å². The van der Waals surface area contributed by atoms with Gasteiger partial charge in [-0.1, -0.05) is 48.0 Å². The summed E-state index contributed by atoms with van der Waals surface area (Å²) in [4.78, 5) is 37.3. The number of anilines is 1. The molecule has 0 aliphatic heterocycles. The second-order valence-electron chi connectivity index (χ2n) is 8.06. The molecule has 8 nitrogen and oxygen atoms in total. The third-order valence-corrected chi connectivity index (χ3v) is 5.41. The van der Waals surface area contributed by atoms with Gasteiger partial charge in [-0.25, -0.2) is 10.2 Å². The highest BCUT2D eigenvalue weighted by atomic mass is 16.5. The first-order valence-electron chi connectivity index (χ1n) is 11.6. The van der Waals surface area contributed by atoms with Crippen LogP contribution >= 0.6 is 0 Å². The molecule has 0 fully saturated rings. The van der Waals surface area contributed by atoms with Crippen molar-refractivity contribution in [1.82, 2.24) is 5.43 Å². The molecular formula is C29H25N3O5. The molecule has 4 aromatic rings. The Morgan fingerprint density at radius 1 is 0.865 bits per heavy atom. The van der Waals surface area contributed by atoms with Gasteiger partial charge in [-0.15, -0.1) is 0 Å². The van der Waals surface area contributed by atoms with Crippen LogP contribution < -0.4 is 20.2 Å². The van der Waals surface area contributed by atoms with E-state index in [0.717, 1.165) is 16.3 Å². The monoisotopic (exact) mass is 495 g/mol. The van der Waals surface area contributed by atoms with Crippen molar-refractivity contribution in [2.75, 3.05) is 11.9 Å². The minimum Gasteiger partial charge on any atom is -0.494 e. The summed E-state index contributed by atoms with van der Waals surface area (Å²) in [7, 11) is 0. The standard InChI is InChI=1S/C29H25N3O5/c1-3-36-23-15-13-22(14-16-23)31-27(33)28(34)32-30-18-25-24-7-5-4-6-20(24)12-17-26(25)37-29(35)21-10-8-19(2)9-11-21/h4-18H,3H2,1-2H3,(H,31,33)(H,32,34)/b30-18-. The third kappa shape index (κ3) is 6.37. The number of fused-ring (bicyclic) bond motifs is 1. The van der Waals surface area contributed by atoms with Crippen molar-refractivity contribution < 1.29 is 23.9 Å². The lowest BCUT2D eigenvalue weighted by atomic mass is 10.0. The smallest absolute Gasteiger partial charge is 0.343 e. The molecule has 4 aromatic carbocycles. The first-order valence-corrected chi connectivity index (χ1v) is 11.6. The first-order chi connectivity index (χ1) is 17.9. The largest absolute Gasteiger partial charge is 0.494 e. The molecule has 37 heavy (non-hydrogen) atoms. The number of hydrogen-bond acceptors (Lipinski definition) is 6. The number of aryl methyl sites for hydroxylation is 1. The normalized spacial score (nSPS) is 10.8. The predicted molar refractivity (Wildman–Crippen MR) is 142 cm³/mol. The number of nitrogens with one attached hydrogen (secondary N) is 2. The van der Waals surface area contributed by atoms with Crippen LogP contribution in [0.3, 0.4) is 0 Å². The number of nitrogens with zero attached hydrogens (tertiary/aromatic N) is 1. The minimum atomic E-state index is -0.955. The molecule has 8 heteroatoms. The lowest BCUT2D eigenvalue weighted by Crippen LogP contribution is -2.32. The van der Waals surface area contributed by atoms with E-state index in [1.54, 1.807) is 42.5 Å². The van der Waals surface area contributed by atoms with Gasteiger partial charge in [-0.05, 0) is 67.1 Å². The highest BCUT2D eigenvalue weighted by molar-refractivity contribution is 6.39. The van der Waals surface area contributed by atoms with E-state index >= 15 is 0 Å². The summed E-state index contributed by atoms with van der Waals surface area (Å²) in [6.45, 7) is 4.32. The number of esters is 1. The van der Waals surface area contributed by atoms with E-state index in [-0.39, 0.29) is 5.75 Å². The average molecular weight is 496 g/mol. The number of hydrogen-bond donors (Lipinski definition) is 2. The van der Waals surface area contributed by atoms with Gasteiger partial charge in [-0.3, -0.25) is 9.59 Å². The predicted octanol–water partition coefficient (Wildman–Crippen LogP) is 4.85. The summed E-state index contributed by atoms with van der Waals surface area (Å²) in [6.07, 6.45) is 1.35. The molecule has 0 saturated heterocycles. The first kappa shape index (κ1) is 25.1. The summed E-state index contributed by atoms with van der Waals surface area (Å²) in [5.74, 6) is -1.44. The van der Waals surface area contributed by atoms with Gasteiger partial charge in [0, 0.05) is 11.3 Å². The fraction of sp³-hybridized carbons (Fsp3) is 0.103. The molecule has 0 spiro atoms. The number of rotatable bonds is 7. The van der Waals surface area contributed by atoms with Crippen molar-refractivity contribution in [2.45, 2.75) is 13.8 Å². The van der Waals surface area contributed by atoms with Crippen molar-refractivity contribution in [1.29, 1.82) is 0 Å². The quantitative estimate of drug-likeness (QED) is 0.125. The Labute approximate surface area is 213 Å². The van der Waals surface area contributed by atoms with E-state index in [1.807, 2.05) is 56.3 Å². The maximum atomic E-state index is 12.7. The Balaban J connectivity index is 1.49. The van der Waals surface area contributed by atoms with Crippen LogP contribution in [0.15, 0.2) is 90.0 Å². The zero-order valence-corrected chi connectivity index (χ0v) is 20.4. The topological polar surface area (TPSA) is 106 Å². The zero-order valence-electron chi connectivity index (χ0n) is 20.4. The second-order valence-corrected chi connectivity index (χ2v) is 8.06. The van der Waals surface area contributed by atoms with Crippen LogP contribution in [0.1, 0.15) is 28.4 Å². The molecule has 0 bridgehead atoms. The number of hydrazone groups is 1. The molecular weight excluding hydrogens is 470 g/mol. The lowest BCUT2D eigenvalue weighted by Gasteiger charge is -2.11. The summed E-state index contributed by atoms with van der Waals surface area (Å²) >= 11 is 0. The number of ether oxygens (including phenoxy) is 2. The highest BCUT2D eigenvalue weighted by Gasteiger charge is 2.15. The summed E-state index contributed by atoms with van der Waals surface area (Å²) in [5, 5.41) is 8.09. The van der Waals surface area contributed by atoms with Crippen LogP contribution in [0.2, 0.25) is 0 Å². The van der Waals surface area contributed by atoms with Gasteiger partial charge in [0.25, 0.3) is 0 Å². The van der Waals surface area contributed by atoms with E-state index in [0.29, 0.717) is 29.2 Å². The highest BCUT2D eigenvalue weighted by Crippen LogP contribution is 2.27. The Morgan fingerprint density at radius 3 is 2.32 bits per heavy atom. The van der Waals surface area contributed by atoms with Gasteiger partial charge in [-0.2, -0.15) is 5.10 Å². The molecule has 2 amide bonds. The van der Waals surface area contributed by atoms with Gasteiger partial charge in [0.2, 0.25) is 0 Å². The second kappa shape index (κ2) is 11.6. The number of carbonyl (C=O) groups excluding carboxylic acids is 3. The van der Waals surface area contributed by atoms with Gasteiger partial charge < -0.3 is 14.8 Å². The number of carbonyl (C=O) groups is 3. The molecule has 0 radical (unpaired) electrons.